The Balaban J connectivity index is 2.24. The van der Waals surface area contributed by atoms with Gasteiger partial charge in [0.05, 0.1) is 5.60 Å². The van der Waals surface area contributed by atoms with E-state index in [1.54, 1.807) is 0 Å². The van der Waals surface area contributed by atoms with Crippen molar-refractivity contribution >= 4 is 0 Å². The molecule has 0 aromatic heterocycles. The van der Waals surface area contributed by atoms with Gasteiger partial charge in [-0.25, -0.2) is 4.39 Å². The first-order valence-corrected chi connectivity index (χ1v) is 5.51. The lowest BCUT2D eigenvalue weighted by Crippen LogP contribution is -2.12. The fraction of sp³-hybridized carbons (Fsp3) is 0.538. The van der Waals surface area contributed by atoms with Crippen molar-refractivity contribution in [3.05, 3.63) is 35.1 Å². The first kappa shape index (κ1) is 10.6. The number of hydrogen-bond donors (Lipinski definition) is 1. The second-order valence-corrected chi connectivity index (χ2v) is 4.91. The van der Waals surface area contributed by atoms with Crippen LogP contribution in [0.1, 0.15) is 43.7 Å². The number of benzene rings is 1. The molecule has 0 atom stereocenters. The van der Waals surface area contributed by atoms with Gasteiger partial charge in [0.15, 0.2) is 0 Å². The highest BCUT2D eigenvalue weighted by atomic mass is 19.1. The molecular weight excluding hydrogens is 191 g/mol. The van der Waals surface area contributed by atoms with Crippen molar-refractivity contribution in [3.8, 4) is 0 Å². The van der Waals surface area contributed by atoms with Crippen LogP contribution in [0.4, 0.5) is 4.39 Å². The summed E-state index contributed by atoms with van der Waals surface area (Å²) >= 11 is 0. The van der Waals surface area contributed by atoms with Crippen molar-refractivity contribution < 1.29 is 9.50 Å². The summed E-state index contributed by atoms with van der Waals surface area (Å²) in [5.41, 5.74) is 1.17. The normalized spacial score (nSPS) is 18.2. The Morgan fingerprint density at radius 3 is 2.60 bits per heavy atom. The Morgan fingerprint density at radius 2 is 2.07 bits per heavy atom. The maximum atomic E-state index is 13.5. The zero-order valence-electron chi connectivity index (χ0n) is 9.26. The summed E-state index contributed by atoms with van der Waals surface area (Å²) in [6, 6.07) is 5.22. The molecule has 0 amide bonds. The van der Waals surface area contributed by atoms with Gasteiger partial charge < -0.3 is 5.11 Å². The van der Waals surface area contributed by atoms with Crippen molar-refractivity contribution in [1.82, 2.24) is 0 Å². The zero-order valence-corrected chi connectivity index (χ0v) is 9.26. The largest absolute Gasteiger partial charge is 0.390 e. The van der Waals surface area contributed by atoms with Gasteiger partial charge in [0.1, 0.15) is 5.82 Å². The Kier molecular flexibility index (Phi) is 2.55. The molecule has 2 heteroatoms. The molecular formula is C13H17FO. The quantitative estimate of drug-likeness (QED) is 0.809. The molecule has 1 aromatic carbocycles. The minimum atomic E-state index is -0.615. The van der Waals surface area contributed by atoms with Crippen molar-refractivity contribution in [3.63, 3.8) is 0 Å². The molecule has 1 fully saturated rings. The lowest BCUT2D eigenvalue weighted by Gasteiger charge is -2.12. The maximum Gasteiger partial charge on any atom is 0.126 e. The van der Waals surface area contributed by atoms with E-state index in [0.29, 0.717) is 17.9 Å². The molecule has 1 aliphatic carbocycles. The molecule has 0 spiro atoms. The van der Waals surface area contributed by atoms with Gasteiger partial charge in [0.25, 0.3) is 0 Å². The van der Waals surface area contributed by atoms with E-state index >= 15 is 0 Å². The second kappa shape index (κ2) is 3.60. The standard InChI is InChI=1S/C13H17FO/c1-9(2)10-3-4-12(14)11(7-10)8-13(15)5-6-13/h3-4,7,9,15H,5-6,8H2,1-2H3. The third-order valence-corrected chi connectivity index (χ3v) is 3.08. The molecule has 1 N–H and O–H groups in total. The van der Waals surface area contributed by atoms with E-state index in [2.05, 4.69) is 13.8 Å². The minimum absolute atomic E-state index is 0.195. The van der Waals surface area contributed by atoms with E-state index in [1.807, 2.05) is 12.1 Å². The summed E-state index contributed by atoms with van der Waals surface area (Å²) in [6.07, 6.45) is 2.07. The first-order chi connectivity index (χ1) is 7.00. The van der Waals surface area contributed by atoms with Gasteiger partial charge >= 0.3 is 0 Å². The summed E-state index contributed by atoms with van der Waals surface area (Å²) in [7, 11) is 0. The van der Waals surface area contributed by atoms with Crippen LogP contribution >= 0.6 is 0 Å². The molecule has 1 nitrogen and oxygen atoms in total. The van der Waals surface area contributed by atoms with E-state index in [4.69, 9.17) is 0 Å². The lowest BCUT2D eigenvalue weighted by atomic mass is 9.97. The number of hydrogen-bond acceptors (Lipinski definition) is 1. The van der Waals surface area contributed by atoms with Crippen LogP contribution in [0, 0.1) is 5.82 Å². The topological polar surface area (TPSA) is 20.2 Å². The highest BCUT2D eigenvalue weighted by molar-refractivity contribution is 5.29. The van der Waals surface area contributed by atoms with Gasteiger partial charge in [-0.1, -0.05) is 26.0 Å². The molecule has 2 rings (SSSR count). The van der Waals surface area contributed by atoms with Crippen LogP contribution in [0.25, 0.3) is 0 Å². The van der Waals surface area contributed by atoms with E-state index in [-0.39, 0.29) is 5.82 Å². The van der Waals surface area contributed by atoms with E-state index < -0.39 is 5.60 Å². The molecule has 1 aliphatic rings. The first-order valence-electron chi connectivity index (χ1n) is 5.51. The Bertz CT molecular complexity index is 367. The second-order valence-electron chi connectivity index (χ2n) is 4.91. The highest BCUT2D eigenvalue weighted by Gasteiger charge is 2.40. The summed E-state index contributed by atoms with van der Waals surface area (Å²) < 4.78 is 13.5. The van der Waals surface area contributed by atoms with Gasteiger partial charge in [0, 0.05) is 6.42 Å². The highest BCUT2D eigenvalue weighted by Crippen LogP contribution is 2.39. The van der Waals surface area contributed by atoms with Gasteiger partial charge in [-0.2, -0.15) is 0 Å². The van der Waals surface area contributed by atoms with Crippen LogP contribution in [0.15, 0.2) is 18.2 Å². The summed E-state index contributed by atoms with van der Waals surface area (Å²) in [5, 5.41) is 9.77. The molecule has 0 heterocycles. The molecule has 1 saturated carbocycles. The third kappa shape index (κ3) is 2.37. The SMILES string of the molecule is CC(C)c1ccc(F)c(CC2(O)CC2)c1. The Hall–Kier alpha value is -0.890. The van der Waals surface area contributed by atoms with Crippen LogP contribution in [0.5, 0.6) is 0 Å². The maximum absolute atomic E-state index is 13.5. The summed E-state index contributed by atoms with van der Waals surface area (Å²) in [4.78, 5) is 0. The van der Waals surface area contributed by atoms with Gasteiger partial charge in [0.2, 0.25) is 0 Å². The molecule has 0 aliphatic heterocycles. The molecule has 0 saturated heterocycles. The third-order valence-electron chi connectivity index (χ3n) is 3.08. The van der Waals surface area contributed by atoms with Crippen LogP contribution in [0.2, 0.25) is 0 Å². The minimum Gasteiger partial charge on any atom is -0.390 e. The summed E-state index contributed by atoms with van der Waals surface area (Å²) in [5.74, 6) is 0.206. The number of aliphatic hydroxyl groups is 1. The fourth-order valence-electron chi connectivity index (χ4n) is 1.76. The predicted octanol–water partition coefficient (Wildman–Crippen LogP) is 3.02. The van der Waals surface area contributed by atoms with Gasteiger partial charge in [-0.3, -0.25) is 0 Å². The number of halogens is 1. The van der Waals surface area contributed by atoms with Crippen molar-refractivity contribution in [2.45, 2.75) is 44.6 Å². The van der Waals surface area contributed by atoms with Crippen LogP contribution in [0.3, 0.4) is 0 Å². The number of rotatable bonds is 3. The van der Waals surface area contributed by atoms with Gasteiger partial charge in [-0.15, -0.1) is 0 Å². The molecule has 15 heavy (non-hydrogen) atoms. The molecule has 1 aromatic rings. The van der Waals surface area contributed by atoms with E-state index in [1.165, 1.54) is 6.07 Å². The fourth-order valence-corrected chi connectivity index (χ4v) is 1.76. The molecule has 0 radical (unpaired) electrons. The van der Waals surface area contributed by atoms with Crippen LogP contribution in [-0.4, -0.2) is 10.7 Å². The predicted molar refractivity (Wildman–Crippen MR) is 58.4 cm³/mol. The lowest BCUT2D eigenvalue weighted by molar-refractivity contribution is 0.149. The van der Waals surface area contributed by atoms with Crippen LogP contribution in [-0.2, 0) is 6.42 Å². The van der Waals surface area contributed by atoms with Crippen LogP contribution < -0.4 is 0 Å². The average Bonchev–Trinajstić information content (AvgIpc) is 2.87. The van der Waals surface area contributed by atoms with Crippen molar-refractivity contribution in [2.75, 3.05) is 0 Å². The molecule has 82 valence electrons. The van der Waals surface area contributed by atoms with Gasteiger partial charge in [-0.05, 0) is 36.0 Å². The van der Waals surface area contributed by atoms with E-state index in [9.17, 15) is 9.50 Å². The Labute approximate surface area is 89.9 Å². The smallest absolute Gasteiger partial charge is 0.126 e. The van der Waals surface area contributed by atoms with E-state index in [0.717, 1.165) is 18.4 Å². The summed E-state index contributed by atoms with van der Waals surface area (Å²) in [6.45, 7) is 4.17. The van der Waals surface area contributed by atoms with Crippen molar-refractivity contribution in [2.24, 2.45) is 0 Å². The Morgan fingerprint density at radius 1 is 1.40 bits per heavy atom. The molecule has 0 bridgehead atoms. The monoisotopic (exact) mass is 208 g/mol. The average molecular weight is 208 g/mol. The van der Waals surface area contributed by atoms with Crippen molar-refractivity contribution in [1.29, 1.82) is 0 Å². The molecule has 0 unspecified atom stereocenters. The zero-order chi connectivity index (χ0) is 11.1.